The molecular formula is C9H6F4O2S. The Morgan fingerprint density at radius 3 is 2.44 bits per heavy atom. The second kappa shape index (κ2) is 4.73. The minimum atomic E-state index is -4.60. The smallest absolute Gasteiger partial charge is 0.416 e. The van der Waals surface area contributed by atoms with Crippen LogP contribution in [0.15, 0.2) is 23.1 Å². The maximum absolute atomic E-state index is 13.1. The first-order chi connectivity index (χ1) is 7.30. The largest absolute Gasteiger partial charge is 0.481 e. The molecule has 88 valence electrons. The molecule has 0 saturated carbocycles. The Hall–Kier alpha value is -1.24. The second-order valence-corrected chi connectivity index (χ2v) is 3.84. The summed E-state index contributed by atoms with van der Waals surface area (Å²) in [5.74, 6) is -2.63. The lowest BCUT2D eigenvalue weighted by Gasteiger charge is -2.08. The summed E-state index contributed by atoms with van der Waals surface area (Å²) in [6, 6.07) is 1.99. The molecule has 0 aliphatic rings. The van der Waals surface area contributed by atoms with Gasteiger partial charge in [0, 0.05) is 4.90 Å². The highest BCUT2D eigenvalue weighted by molar-refractivity contribution is 8.00. The van der Waals surface area contributed by atoms with E-state index in [1.807, 2.05) is 0 Å². The average Bonchev–Trinajstić information content (AvgIpc) is 2.14. The van der Waals surface area contributed by atoms with E-state index in [2.05, 4.69) is 0 Å². The molecular weight excluding hydrogens is 248 g/mol. The number of carbonyl (C=O) groups is 1. The fourth-order valence-electron chi connectivity index (χ4n) is 0.934. The van der Waals surface area contributed by atoms with E-state index in [1.165, 1.54) is 0 Å². The molecule has 1 aromatic rings. The van der Waals surface area contributed by atoms with Gasteiger partial charge in [0.05, 0.1) is 11.3 Å². The van der Waals surface area contributed by atoms with Gasteiger partial charge in [-0.2, -0.15) is 13.2 Å². The molecule has 2 nitrogen and oxygen atoms in total. The van der Waals surface area contributed by atoms with Crippen molar-refractivity contribution in [2.24, 2.45) is 0 Å². The van der Waals surface area contributed by atoms with Crippen LogP contribution in [0.4, 0.5) is 17.6 Å². The van der Waals surface area contributed by atoms with Crippen LogP contribution in [-0.2, 0) is 11.0 Å². The molecule has 0 aliphatic heterocycles. The van der Waals surface area contributed by atoms with Crippen LogP contribution >= 0.6 is 11.8 Å². The number of aliphatic carboxylic acids is 1. The SMILES string of the molecule is O=C(O)CSc1ccc(C(F)(F)F)cc1F. The lowest BCUT2D eigenvalue weighted by molar-refractivity contribution is -0.138. The van der Waals surface area contributed by atoms with Crippen molar-refractivity contribution in [3.05, 3.63) is 29.6 Å². The number of hydrogen-bond donors (Lipinski definition) is 1. The van der Waals surface area contributed by atoms with Gasteiger partial charge in [-0.15, -0.1) is 11.8 Å². The molecule has 0 radical (unpaired) electrons. The Morgan fingerprint density at radius 1 is 1.38 bits per heavy atom. The lowest BCUT2D eigenvalue weighted by atomic mass is 10.2. The first-order valence-corrected chi connectivity index (χ1v) is 5.00. The number of halogens is 4. The number of thioether (sulfide) groups is 1. The fraction of sp³-hybridized carbons (Fsp3) is 0.222. The van der Waals surface area contributed by atoms with E-state index in [0.29, 0.717) is 23.9 Å². The minimum absolute atomic E-state index is 0.115. The van der Waals surface area contributed by atoms with Crippen molar-refractivity contribution >= 4 is 17.7 Å². The van der Waals surface area contributed by atoms with Crippen LogP contribution in [0.2, 0.25) is 0 Å². The van der Waals surface area contributed by atoms with Crippen molar-refractivity contribution < 1.29 is 27.5 Å². The van der Waals surface area contributed by atoms with Crippen molar-refractivity contribution in [2.75, 3.05) is 5.75 Å². The van der Waals surface area contributed by atoms with Crippen molar-refractivity contribution in [3.8, 4) is 0 Å². The monoisotopic (exact) mass is 254 g/mol. The van der Waals surface area contributed by atoms with Gasteiger partial charge in [0.15, 0.2) is 0 Å². The maximum atomic E-state index is 13.1. The average molecular weight is 254 g/mol. The van der Waals surface area contributed by atoms with E-state index in [-0.39, 0.29) is 4.90 Å². The second-order valence-electron chi connectivity index (χ2n) is 2.83. The predicted molar refractivity (Wildman–Crippen MR) is 49.8 cm³/mol. The van der Waals surface area contributed by atoms with Crippen molar-refractivity contribution in [1.29, 1.82) is 0 Å². The number of carboxylic acids is 1. The molecule has 1 rings (SSSR count). The predicted octanol–water partition coefficient (Wildman–Crippen LogP) is 3.02. The van der Waals surface area contributed by atoms with E-state index < -0.39 is 29.3 Å². The minimum Gasteiger partial charge on any atom is -0.481 e. The van der Waals surface area contributed by atoms with Gasteiger partial charge >= 0.3 is 12.1 Å². The van der Waals surface area contributed by atoms with Crippen molar-refractivity contribution in [1.82, 2.24) is 0 Å². The highest BCUT2D eigenvalue weighted by Crippen LogP contribution is 2.32. The third kappa shape index (κ3) is 3.41. The number of benzene rings is 1. The third-order valence-electron chi connectivity index (χ3n) is 1.61. The van der Waals surface area contributed by atoms with Gasteiger partial charge in [-0.3, -0.25) is 4.79 Å². The summed E-state index contributed by atoms with van der Waals surface area (Å²) < 4.78 is 49.6. The molecule has 1 N–H and O–H groups in total. The molecule has 0 atom stereocenters. The molecule has 1 aromatic carbocycles. The summed E-state index contributed by atoms with van der Waals surface area (Å²) >= 11 is 0.633. The van der Waals surface area contributed by atoms with Crippen LogP contribution in [0.5, 0.6) is 0 Å². The quantitative estimate of drug-likeness (QED) is 0.665. The Kier molecular flexibility index (Phi) is 3.79. The molecule has 7 heteroatoms. The molecule has 16 heavy (non-hydrogen) atoms. The van der Waals surface area contributed by atoms with E-state index in [1.54, 1.807) is 0 Å². The van der Waals surface area contributed by atoms with Crippen LogP contribution in [-0.4, -0.2) is 16.8 Å². The first-order valence-electron chi connectivity index (χ1n) is 4.02. The molecule has 0 spiro atoms. The maximum Gasteiger partial charge on any atom is 0.416 e. The van der Waals surface area contributed by atoms with Crippen LogP contribution in [0.3, 0.4) is 0 Å². The van der Waals surface area contributed by atoms with Crippen LogP contribution in [0.1, 0.15) is 5.56 Å². The summed E-state index contributed by atoms with van der Waals surface area (Å²) in [4.78, 5) is 10.1. The zero-order chi connectivity index (χ0) is 12.3. The topological polar surface area (TPSA) is 37.3 Å². The Morgan fingerprint density at radius 2 is 2.00 bits per heavy atom. The van der Waals surface area contributed by atoms with Crippen LogP contribution < -0.4 is 0 Å². The summed E-state index contributed by atoms with van der Waals surface area (Å²) in [6.45, 7) is 0. The summed E-state index contributed by atoms with van der Waals surface area (Å²) in [7, 11) is 0. The van der Waals surface area contributed by atoms with Gasteiger partial charge in [0.1, 0.15) is 5.82 Å². The standard InChI is InChI=1S/C9H6F4O2S/c10-6-3-5(9(11,12)13)1-2-7(6)16-4-8(14)15/h1-3H,4H2,(H,14,15). The lowest BCUT2D eigenvalue weighted by Crippen LogP contribution is -2.05. The molecule has 0 unspecified atom stereocenters. The molecule has 0 saturated heterocycles. The molecule has 0 bridgehead atoms. The molecule has 0 aliphatic carbocycles. The van der Waals surface area contributed by atoms with Gasteiger partial charge in [-0.1, -0.05) is 0 Å². The van der Waals surface area contributed by atoms with Crippen molar-refractivity contribution in [2.45, 2.75) is 11.1 Å². The van der Waals surface area contributed by atoms with Gasteiger partial charge in [0.2, 0.25) is 0 Å². The van der Waals surface area contributed by atoms with Crippen LogP contribution in [0.25, 0.3) is 0 Å². The zero-order valence-corrected chi connectivity index (χ0v) is 8.53. The van der Waals surface area contributed by atoms with Gasteiger partial charge in [-0.05, 0) is 18.2 Å². The van der Waals surface area contributed by atoms with Gasteiger partial charge < -0.3 is 5.11 Å². The number of carboxylic acid groups (broad SMARTS) is 1. The Bertz CT molecular complexity index is 403. The number of rotatable bonds is 3. The highest BCUT2D eigenvalue weighted by Gasteiger charge is 2.31. The van der Waals surface area contributed by atoms with Gasteiger partial charge in [0.25, 0.3) is 0 Å². The van der Waals surface area contributed by atoms with Crippen molar-refractivity contribution in [3.63, 3.8) is 0 Å². The molecule has 0 amide bonds. The first kappa shape index (κ1) is 12.8. The van der Waals surface area contributed by atoms with Gasteiger partial charge in [-0.25, -0.2) is 4.39 Å². The van der Waals surface area contributed by atoms with E-state index >= 15 is 0 Å². The Labute approximate surface area is 92.3 Å². The number of alkyl halides is 3. The Balaban J connectivity index is 2.88. The van der Waals surface area contributed by atoms with E-state index in [9.17, 15) is 22.4 Å². The fourth-order valence-corrected chi connectivity index (χ4v) is 1.57. The summed E-state index contributed by atoms with van der Waals surface area (Å²) in [5.41, 5.74) is -1.09. The van der Waals surface area contributed by atoms with E-state index in [4.69, 9.17) is 5.11 Å². The summed E-state index contributed by atoms with van der Waals surface area (Å²) in [6.07, 6.45) is -4.60. The third-order valence-corrected chi connectivity index (χ3v) is 2.64. The molecule has 0 fully saturated rings. The van der Waals surface area contributed by atoms with Crippen LogP contribution in [0, 0.1) is 5.82 Å². The van der Waals surface area contributed by atoms with E-state index in [0.717, 1.165) is 6.07 Å². The normalized spacial score (nSPS) is 11.5. The summed E-state index contributed by atoms with van der Waals surface area (Å²) in [5, 5.41) is 8.33. The highest BCUT2D eigenvalue weighted by atomic mass is 32.2. The molecule has 0 aromatic heterocycles. The molecule has 0 heterocycles. The number of hydrogen-bond acceptors (Lipinski definition) is 2. The zero-order valence-electron chi connectivity index (χ0n) is 7.71.